The Labute approximate surface area is 158 Å². The Hall–Kier alpha value is -2.95. The number of nitrogens with zero attached hydrogens (tertiary/aromatic N) is 4. The maximum atomic E-state index is 12.6. The molecular weight excluding hydrogens is 377 g/mol. The number of aromatic nitrogens is 3. The molecule has 3 aromatic rings. The molecule has 1 aromatic heterocycles. The van der Waals surface area contributed by atoms with Gasteiger partial charge in [0.1, 0.15) is 5.52 Å². The van der Waals surface area contributed by atoms with Crippen LogP contribution in [-0.2, 0) is 11.8 Å². The highest BCUT2D eigenvalue weighted by atomic mass is 35.5. The van der Waals surface area contributed by atoms with Gasteiger partial charge in [0.25, 0.3) is 0 Å². The number of amides is 1. The Morgan fingerprint density at radius 2 is 2.00 bits per heavy atom. The van der Waals surface area contributed by atoms with Gasteiger partial charge in [-0.15, -0.1) is 5.10 Å². The lowest BCUT2D eigenvalue weighted by Crippen LogP contribution is -2.28. The average Bonchev–Trinajstić information content (AvgIpc) is 2.98. The molecule has 130 valence electrons. The van der Waals surface area contributed by atoms with E-state index in [0.717, 1.165) is 5.52 Å². The van der Waals surface area contributed by atoms with Gasteiger partial charge in [0, 0.05) is 17.6 Å². The van der Waals surface area contributed by atoms with E-state index in [2.05, 4.69) is 15.6 Å². The van der Waals surface area contributed by atoms with Crippen LogP contribution in [0, 0.1) is 17.2 Å². The number of hydrogen-bond acceptors (Lipinski definition) is 5. The molecule has 3 rings (SSSR count). The summed E-state index contributed by atoms with van der Waals surface area (Å²) in [6.45, 7) is 0. The van der Waals surface area contributed by atoms with Gasteiger partial charge in [-0.3, -0.25) is 9.59 Å². The molecule has 0 unspecified atom stereocenters. The van der Waals surface area contributed by atoms with Gasteiger partial charge in [-0.05, 0) is 36.4 Å². The standard InChI is InChI=1S/C17H11Cl2N5O2/c1-24-15-5-2-9(6-14(15)22-23-24)16(25)11(8-20)17(26)21-13-4-3-10(18)7-12(13)19/h2-7,11H,1H3,(H,21,26)/t11-/m0/s1. The predicted octanol–water partition coefficient (Wildman–Crippen LogP) is 3.24. The highest BCUT2D eigenvalue weighted by Gasteiger charge is 2.28. The summed E-state index contributed by atoms with van der Waals surface area (Å²) in [5, 5.41) is 20.2. The van der Waals surface area contributed by atoms with Crippen molar-refractivity contribution in [2.24, 2.45) is 13.0 Å². The van der Waals surface area contributed by atoms with Crippen molar-refractivity contribution in [1.29, 1.82) is 5.26 Å². The summed E-state index contributed by atoms with van der Waals surface area (Å²) in [4.78, 5) is 25.0. The van der Waals surface area contributed by atoms with Crippen LogP contribution in [0.1, 0.15) is 10.4 Å². The smallest absolute Gasteiger partial charge is 0.249 e. The number of halogens is 2. The third kappa shape index (κ3) is 3.38. The van der Waals surface area contributed by atoms with Crippen molar-refractivity contribution in [3.05, 3.63) is 52.0 Å². The van der Waals surface area contributed by atoms with Crippen molar-refractivity contribution in [3.8, 4) is 6.07 Å². The minimum Gasteiger partial charge on any atom is -0.323 e. The second-order valence-corrected chi connectivity index (χ2v) is 6.30. The Kier molecular flexibility index (Phi) is 4.89. The van der Waals surface area contributed by atoms with Crippen molar-refractivity contribution in [1.82, 2.24) is 15.0 Å². The van der Waals surface area contributed by atoms with Crippen LogP contribution in [0.15, 0.2) is 36.4 Å². The van der Waals surface area contributed by atoms with E-state index in [4.69, 9.17) is 23.2 Å². The van der Waals surface area contributed by atoms with Gasteiger partial charge in [-0.1, -0.05) is 28.4 Å². The van der Waals surface area contributed by atoms with E-state index in [1.54, 1.807) is 23.9 Å². The molecule has 1 amide bonds. The van der Waals surface area contributed by atoms with Gasteiger partial charge in [-0.2, -0.15) is 5.26 Å². The molecule has 0 bridgehead atoms. The van der Waals surface area contributed by atoms with Crippen molar-refractivity contribution in [2.75, 3.05) is 5.32 Å². The molecule has 1 N–H and O–H groups in total. The van der Waals surface area contributed by atoms with Crippen LogP contribution in [0.2, 0.25) is 10.0 Å². The van der Waals surface area contributed by atoms with Gasteiger partial charge < -0.3 is 5.32 Å². The van der Waals surface area contributed by atoms with Crippen LogP contribution >= 0.6 is 23.2 Å². The lowest BCUT2D eigenvalue weighted by molar-refractivity contribution is -0.117. The zero-order valence-electron chi connectivity index (χ0n) is 13.4. The summed E-state index contributed by atoms with van der Waals surface area (Å²) >= 11 is 11.8. The van der Waals surface area contributed by atoms with Crippen LogP contribution < -0.4 is 5.32 Å². The van der Waals surface area contributed by atoms with E-state index in [-0.39, 0.29) is 16.3 Å². The summed E-state index contributed by atoms with van der Waals surface area (Å²) in [7, 11) is 1.72. The predicted molar refractivity (Wildman–Crippen MR) is 97.0 cm³/mol. The molecule has 0 aliphatic heterocycles. The number of nitriles is 1. The first-order chi connectivity index (χ1) is 12.4. The lowest BCUT2D eigenvalue weighted by atomic mass is 9.97. The molecule has 1 heterocycles. The monoisotopic (exact) mass is 387 g/mol. The fourth-order valence-corrected chi connectivity index (χ4v) is 2.85. The molecule has 0 spiro atoms. The third-order valence-corrected chi connectivity index (χ3v) is 4.29. The first kappa shape index (κ1) is 17.9. The number of benzene rings is 2. The molecule has 0 saturated heterocycles. The van der Waals surface area contributed by atoms with Crippen molar-refractivity contribution in [3.63, 3.8) is 0 Å². The molecule has 0 radical (unpaired) electrons. The number of aryl methyl sites for hydroxylation is 1. The van der Waals surface area contributed by atoms with Crippen LogP contribution in [0.25, 0.3) is 11.0 Å². The molecule has 1 atom stereocenters. The van der Waals surface area contributed by atoms with Gasteiger partial charge in [0.15, 0.2) is 11.7 Å². The number of carbonyl (C=O) groups is 2. The Morgan fingerprint density at radius 3 is 2.69 bits per heavy atom. The summed E-state index contributed by atoms with van der Waals surface area (Å²) in [6, 6.07) is 10.9. The second kappa shape index (κ2) is 7.12. The van der Waals surface area contributed by atoms with Crippen LogP contribution in [0.4, 0.5) is 5.69 Å². The van der Waals surface area contributed by atoms with Crippen LogP contribution in [-0.4, -0.2) is 26.7 Å². The van der Waals surface area contributed by atoms with E-state index >= 15 is 0 Å². The number of anilines is 1. The SMILES string of the molecule is Cn1nnc2cc(C(=O)[C@H](C#N)C(=O)Nc3ccc(Cl)cc3Cl)ccc21. The van der Waals surface area contributed by atoms with E-state index in [9.17, 15) is 14.9 Å². The molecule has 26 heavy (non-hydrogen) atoms. The second-order valence-electron chi connectivity index (χ2n) is 5.46. The number of fused-ring (bicyclic) bond motifs is 1. The number of hydrogen-bond donors (Lipinski definition) is 1. The fraction of sp³-hybridized carbons (Fsp3) is 0.118. The normalized spacial score (nSPS) is 11.8. The van der Waals surface area contributed by atoms with E-state index in [1.165, 1.54) is 30.3 Å². The molecule has 7 nitrogen and oxygen atoms in total. The van der Waals surface area contributed by atoms with Gasteiger partial charge in [-0.25, -0.2) is 4.68 Å². The summed E-state index contributed by atoms with van der Waals surface area (Å²) in [6.07, 6.45) is 0. The molecule has 0 aliphatic rings. The van der Waals surface area contributed by atoms with Gasteiger partial charge in [0.2, 0.25) is 5.91 Å². The number of rotatable bonds is 4. The highest BCUT2D eigenvalue weighted by Crippen LogP contribution is 2.26. The fourth-order valence-electron chi connectivity index (χ4n) is 2.39. The quantitative estimate of drug-likeness (QED) is 0.546. The van der Waals surface area contributed by atoms with Crippen LogP contribution in [0.5, 0.6) is 0 Å². The van der Waals surface area contributed by atoms with Crippen LogP contribution in [0.3, 0.4) is 0 Å². The number of ketones is 1. The molecule has 0 aliphatic carbocycles. The lowest BCUT2D eigenvalue weighted by Gasteiger charge is -2.11. The summed E-state index contributed by atoms with van der Waals surface area (Å²) < 4.78 is 1.56. The zero-order chi connectivity index (χ0) is 18.8. The molecule has 0 fully saturated rings. The van der Waals surface area contributed by atoms with Crippen molar-refractivity contribution >= 4 is 51.6 Å². The first-order valence-corrected chi connectivity index (χ1v) is 8.15. The number of Topliss-reactive ketones (excluding diaryl/α,β-unsaturated/α-hetero) is 1. The largest absolute Gasteiger partial charge is 0.323 e. The van der Waals surface area contributed by atoms with E-state index in [0.29, 0.717) is 10.5 Å². The first-order valence-electron chi connectivity index (χ1n) is 7.40. The highest BCUT2D eigenvalue weighted by molar-refractivity contribution is 6.36. The van der Waals surface area contributed by atoms with E-state index in [1.807, 2.05) is 0 Å². The third-order valence-electron chi connectivity index (χ3n) is 3.74. The molecular formula is C17H11Cl2N5O2. The topological polar surface area (TPSA) is 101 Å². The number of nitrogens with one attached hydrogen (secondary N) is 1. The van der Waals surface area contributed by atoms with Crippen molar-refractivity contribution in [2.45, 2.75) is 0 Å². The Balaban J connectivity index is 1.85. The maximum Gasteiger partial charge on any atom is 0.249 e. The Bertz CT molecular complexity index is 1070. The minimum atomic E-state index is -1.53. The molecule has 9 heteroatoms. The average molecular weight is 388 g/mol. The van der Waals surface area contributed by atoms with E-state index < -0.39 is 17.6 Å². The molecule has 2 aromatic carbocycles. The minimum absolute atomic E-state index is 0.196. The number of carbonyl (C=O) groups excluding carboxylic acids is 2. The van der Waals surface area contributed by atoms with Crippen molar-refractivity contribution < 1.29 is 9.59 Å². The maximum absolute atomic E-state index is 12.6. The molecule has 0 saturated carbocycles. The summed E-state index contributed by atoms with van der Waals surface area (Å²) in [5.41, 5.74) is 1.68. The van der Waals surface area contributed by atoms with Gasteiger partial charge >= 0.3 is 0 Å². The zero-order valence-corrected chi connectivity index (χ0v) is 14.9. The van der Waals surface area contributed by atoms with Gasteiger partial charge in [0.05, 0.1) is 22.3 Å². The Morgan fingerprint density at radius 1 is 1.23 bits per heavy atom. The summed E-state index contributed by atoms with van der Waals surface area (Å²) in [5.74, 6) is -2.94.